The molecule has 2 aliphatic rings. The van der Waals surface area contributed by atoms with Crippen molar-refractivity contribution in [2.45, 2.75) is 32.4 Å². The summed E-state index contributed by atoms with van der Waals surface area (Å²) in [6.07, 6.45) is 1.77. The van der Waals surface area contributed by atoms with Crippen LogP contribution in [0.3, 0.4) is 0 Å². The van der Waals surface area contributed by atoms with Gasteiger partial charge in [0, 0.05) is 18.7 Å². The summed E-state index contributed by atoms with van der Waals surface area (Å²) in [4.78, 5) is 25.7. The van der Waals surface area contributed by atoms with Crippen molar-refractivity contribution in [3.8, 4) is 5.75 Å². The molecule has 0 unspecified atom stereocenters. The van der Waals surface area contributed by atoms with Crippen LogP contribution in [0.15, 0.2) is 18.2 Å². The van der Waals surface area contributed by atoms with Crippen molar-refractivity contribution in [3.05, 3.63) is 29.3 Å². The Morgan fingerprint density at radius 3 is 2.83 bits per heavy atom. The van der Waals surface area contributed by atoms with Crippen LogP contribution in [0.2, 0.25) is 0 Å². The van der Waals surface area contributed by atoms with Gasteiger partial charge in [-0.3, -0.25) is 4.79 Å². The third-order valence-electron chi connectivity index (χ3n) is 4.46. The third-order valence-corrected chi connectivity index (χ3v) is 4.46. The molecule has 1 saturated heterocycles. The van der Waals surface area contributed by atoms with Gasteiger partial charge < -0.3 is 19.5 Å². The summed E-state index contributed by atoms with van der Waals surface area (Å²) in [5.74, 6) is -0.435. The number of carboxylic acid groups (broad SMARTS) is 1. The highest BCUT2D eigenvalue weighted by Crippen LogP contribution is 2.28. The Hall–Kier alpha value is -2.08. The first kappa shape index (κ1) is 15.8. The monoisotopic (exact) mass is 319 g/mol. The Labute approximate surface area is 135 Å². The minimum atomic E-state index is -0.985. The number of nitrogens with zero attached hydrogens (tertiary/aromatic N) is 1. The van der Waals surface area contributed by atoms with Crippen LogP contribution in [-0.4, -0.2) is 47.7 Å². The number of aromatic carboxylic acids is 1. The second kappa shape index (κ2) is 6.58. The zero-order chi connectivity index (χ0) is 16.4. The van der Waals surface area contributed by atoms with Gasteiger partial charge in [-0.2, -0.15) is 0 Å². The van der Waals surface area contributed by atoms with Gasteiger partial charge in [-0.05, 0) is 31.9 Å². The molecule has 0 aromatic heterocycles. The fourth-order valence-electron chi connectivity index (χ4n) is 3.06. The predicted molar refractivity (Wildman–Crippen MR) is 82.5 cm³/mol. The molecule has 6 heteroatoms. The van der Waals surface area contributed by atoms with Crippen LogP contribution < -0.4 is 4.74 Å². The molecule has 0 saturated carbocycles. The van der Waals surface area contributed by atoms with Crippen molar-refractivity contribution in [2.75, 3.05) is 19.8 Å². The SMILES string of the molecule is C[C@H]1COc2cc(C(=O)O)ccc2CN1C(=O)[C@H]1CCCOC1. The number of carbonyl (C=O) groups excluding carboxylic acids is 1. The van der Waals surface area contributed by atoms with E-state index in [0.717, 1.165) is 25.0 Å². The van der Waals surface area contributed by atoms with Crippen LogP contribution >= 0.6 is 0 Å². The van der Waals surface area contributed by atoms with Gasteiger partial charge in [0.15, 0.2) is 0 Å². The average Bonchev–Trinajstić information content (AvgIpc) is 2.74. The summed E-state index contributed by atoms with van der Waals surface area (Å²) in [6.45, 7) is 3.95. The van der Waals surface area contributed by atoms with Crippen LogP contribution in [0, 0.1) is 5.92 Å². The van der Waals surface area contributed by atoms with Gasteiger partial charge in [-0.15, -0.1) is 0 Å². The van der Waals surface area contributed by atoms with Crippen molar-refractivity contribution in [1.29, 1.82) is 0 Å². The highest BCUT2D eigenvalue weighted by molar-refractivity contribution is 5.88. The van der Waals surface area contributed by atoms with Gasteiger partial charge in [0.2, 0.25) is 5.91 Å². The number of benzene rings is 1. The van der Waals surface area contributed by atoms with E-state index in [4.69, 9.17) is 14.6 Å². The molecule has 0 spiro atoms. The van der Waals surface area contributed by atoms with Crippen LogP contribution in [0.25, 0.3) is 0 Å². The molecule has 124 valence electrons. The summed E-state index contributed by atoms with van der Waals surface area (Å²) in [7, 11) is 0. The molecule has 2 aliphatic heterocycles. The van der Waals surface area contributed by atoms with Gasteiger partial charge in [0.1, 0.15) is 12.4 Å². The fourth-order valence-corrected chi connectivity index (χ4v) is 3.06. The minimum absolute atomic E-state index is 0.0647. The molecule has 0 radical (unpaired) electrons. The second-order valence-corrected chi connectivity index (χ2v) is 6.17. The molecule has 1 aromatic carbocycles. The van der Waals surface area contributed by atoms with E-state index in [0.29, 0.717) is 25.5 Å². The lowest BCUT2D eigenvalue weighted by Gasteiger charge is -2.31. The van der Waals surface area contributed by atoms with Gasteiger partial charge in [-0.25, -0.2) is 4.79 Å². The number of carbonyl (C=O) groups is 2. The smallest absolute Gasteiger partial charge is 0.335 e. The minimum Gasteiger partial charge on any atom is -0.491 e. The van der Waals surface area contributed by atoms with Crippen molar-refractivity contribution in [3.63, 3.8) is 0 Å². The molecule has 0 bridgehead atoms. The number of hydrogen-bond donors (Lipinski definition) is 1. The summed E-state index contributed by atoms with van der Waals surface area (Å²) >= 11 is 0. The molecular weight excluding hydrogens is 298 g/mol. The standard InChI is InChI=1S/C17H21NO5/c1-11-9-23-15-7-12(17(20)21)4-5-13(15)8-18(11)16(19)14-3-2-6-22-10-14/h4-5,7,11,14H,2-3,6,8-10H2,1H3,(H,20,21)/t11-,14-/m0/s1. The van der Waals surface area contributed by atoms with E-state index in [9.17, 15) is 9.59 Å². The largest absolute Gasteiger partial charge is 0.491 e. The molecular formula is C17H21NO5. The molecule has 0 aliphatic carbocycles. The van der Waals surface area contributed by atoms with E-state index in [2.05, 4.69) is 0 Å². The number of amides is 1. The van der Waals surface area contributed by atoms with Gasteiger partial charge in [0.25, 0.3) is 0 Å². The quantitative estimate of drug-likeness (QED) is 0.901. The molecule has 2 heterocycles. The lowest BCUT2D eigenvalue weighted by molar-refractivity contribution is -0.142. The number of hydrogen-bond acceptors (Lipinski definition) is 4. The predicted octanol–water partition coefficient (Wildman–Crippen LogP) is 1.92. The van der Waals surface area contributed by atoms with Crippen molar-refractivity contribution >= 4 is 11.9 Å². The maximum Gasteiger partial charge on any atom is 0.335 e. The zero-order valence-corrected chi connectivity index (χ0v) is 13.2. The summed E-state index contributed by atoms with van der Waals surface area (Å²) in [6, 6.07) is 4.74. The lowest BCUT2D eigenvalue weighted by Crippen LogP contribution is -2.45. The summed E-state index contributed by atoms with van der Waals surface area (Å²) in [5.41, 5.74) is 1.03. The first-order chi connectivity index (χ1) is 11.1. The number of ether oxygens (including phenoxy) is 2. The fraction of sp³-hybridized carbons (Fsp3) is 0.529. The van der Waals surface area contributed by atoms with Crippen LogP contribution in [-0.2, 0) is 16.1 Å². The first-order valence-corrected chi connectivity index (χ1v) is 7.93. The molecule has 6 nitrogen and oxygen atoms in total. The Morgan fingerprint density at radius 1 is 1.30 bits per heavy atom. The molecule has 1 N–H and O–H groups in total. The molecule has 1 fully saturated rings. The van der Waals surface area contributed by atoms with Crippen LogP contribution in [0.4, 0.5) is 0 Å². The Kier molecular flexibility index (Phi) is 4.52. The molecule has 3 rings (SSSR count). The van der Waals surface area contributed by atoms with Crippen molar-refractivity contribution in [2.24, 2.45) is 5.92 Å². The highest BCUT2D eigenvalue weighted by atomic mass is 16.5. The average molecular weight is 319 g/mol. The zero-order valence-electron chi connectivity index (χ0n) is 13.2. The third kappa shape index (κ3) is 3.32. The molecule has 1 aromatic rings. The van der Waals surface area contributed by atoms with E-state index in [1.165, 1.54) is 6.07 Å². The Balaban J connectivity index is 1.82. The Bertz CT molecular complexity index is 609. The normalized spacial score (nSPS) is 24.3. The maximum absolute atomic E-state index is 12.8. The maximum atomic E-state index is 12.8. The van der Waals surface area contributed by atoms with Gasteiger partial charge in [0.05, 0.1) is 24.1 Å². The second-order valence-electron chi connectivity index (χ2n) is 6.17. The number of rotatable bonds is 2. The Morgan fingerprint density at radius 2 is 2.13 bits per heavy atom. The number of fused-ring (bicyclic) bond motifs is 1. The molecule has 23 heavy (non-hydrogen) atoms. The first-order valence-electron chi connectivity index (χ1n) is 7.93. The van der Waals surface area contributed by atoms with Crippen molar-refractivity contribution < 1.29 is 24.2 Å². The van der Waals surface area contributed by atoms with E-state index in [-0.39, 0.29) is 23.4 Å². The van der Waals surface area contributed by atoms with Gasteiger partial charge in [-0.1, -0.05) is 6.07 Å². The van der Waals surface area contributed by atoms with E-state index >= 15 is 0 Å². The molecule has 1 amide bonds. The van der Waals surface area contributed by atoms with Crippen LogP contribution in [0.1, 0.15) is 35.7 Å². The van der Waals surface area contributed by atoms with Gasteiger partial charge >= 0.3 is 5.97 Å². The molecule has 2 atom stereocenters. The lowest BCUT2D eigenvalue weighted by atomic mass is 9.99. The van der Waals surface area contributed by atoms with Crippen molar-refractivity contribution in [1.82, 2.24) is 4.90 Å². The summed E-state index contributed by atoms with van der Waals surface area (Å²) in [5, 5.41) is 9.09. The van der Waals surface area contributed by atoms with E-state index in [1.54, 1.807) is 12.1 Å². The van der Waals surface area contributed by atoms with E-state index < -0.39 is 5.97 Å². The van der Waals surface area contributed by atoms with Crippen LogP contribution in [0.5, 0.6) is 5.75 Å². The highest BCUT2D eigenvalue weighted by Gasteiger charge is 2.32. The summed E-state index contributed by atoms with van der Waals surface area (Å²) < 4.78 is 11.2. The van der Waals surface area contributed by atoms with E-state index in [1.807, 2.05) is 11.8 Å². The number of carboxylic acids is 1. The topological polar surface area (TPSA) is 76.1 Å².